The monoisotopic (exact) mass is 338 g/mol. The molecule has 0 saturated carbocycles. The normalized spacial score (nSPS) is 16.3. The minimum atomic E-state index is 0.179. The molecule has 1 aliphatic heterocycles. The van der Waals surface area contributed by atoms with E-state index in [0.29, 0.717) is 6.61 Å². The number of para-hydroxylation sites is 1. The largest absolute Gasteiger partial charge is 0.375 e. The Morgan fingerprint density at radius 3 is 2.48 bits per heavy atom. The van der Waals surface area contributed by atoms with E-state index in [0.717, 1.165) is 39.1 Å². The van der Waals surface area contributed by atoms with Crippen LogP contribution in [0.2, 0.25) is 0 Å². The summed E-state index contributed by atoms with van der Waals surface area (Å²) >= 11 is 0. The van der Waals surface area contributed by atoms with Gasteiger partial charge in [0.25, 0.3) is 0 Å². The molecule has 1 N–H and O–H groups in total. The standard InChI is InChI=1S/C22H30N2O/c1-3-22(4-2)18-24(21-13-9-8-12-20(21)16-23-22)14-15-25-17-19-10-6-5-7-11-19/h5-13,23H,3-4,14-18H2,1-2H3. The number of hydrogen-bond donors (Lipinski definition) is 1. The van der Waals surface area contributed by atoms with Gasteiger partial charge in [-0.2, -0.15) is 0 Å². The van der Waals surface area contributed by atoms with Crippen molar-refractivity contribution in [1.82, 2.24) is 5.32 Å². The Morgan fingerprint density at radius 2 is 1.72 bits per heavy atom. The molecule has 0 radical (unpaired) electrons. The number of hydrogen-bond acceptors (Lipinski definition) is 3. The van der Waals surface area contributed by atoms with Crippen molar-refractivity contribution in [2.45, 2.75) is 45.4 Å². The Morgan fingerprint density at radius 1 is 1.00 bits per heavy atom. The van der Waals surface area contributed by atoms with Crippen LogP contribution in [-0.2, 0) is 17.9 Å². The van der Waals surface area contributed by atoms with E-state index in [-0.39, 0.29) is 5.54 Å². The Bertz CT molecular complexity index is 652. The Balaban J connectivity index is 1.66. The van der Waals surface area contributed by atoms with Crippen LogP contribution in [0.4, 0.5) is 5.69 Å². The number of nitrogens with zero attached hydrogens (tertiary/aromatic N) is 1. The van der Waals surface area contributed by atoms with Crippen LogP contribution in [0.15, 0.2) is 54.6 Å². The third-order valence-electron chi connectivity index (χ3n) is 5.45. The van der Waals surface area contributed by atoms with Crippen LogP contribution in [0.25, 0.3) is 0 Å². The van der Waals surface area contributed by atoms with Crippen LogP contribution >= 0.6 is 0 Å². The molecule has 3 nitrogen and oxygen atoms in total. The van der Waals surface area contributed by atoms with Gasteiger partial charge in [-0.15, -0.1) is 0 Å². The molecule has 1 aliphatic rings. The molecule has 2 aromatic rings. The smallest absolute Gasteiger partial charge is 0.0717 e. The predicted octanol–water partition coefficient (Wildman–Crippen LogP) is 4.37. The molecule has 0 bridgehead atoms. The van der Waals surface area contributed by atoms with E-state index < -0.39 is 0 Å². The Kier molecular flexibility index (Phi) is 6.11. The second-order valence-corrected chi connectivity index (χ2v) is 6.93. The molecule has 0 atom stereocenters. The highest BCUT2D eigenvalue weighted by molar-refractivity contribution is 5.55. The lowest BCUT2D eigenvalue weighted by atomic mass is 9.92. The van der Waals surface area contributed by atoms with Crippen LogP contribution < -0.4 is 10.2 Å². The zero-order valence-corrected chi connectivity index (χ0v) is 15.5. The van der Waals surface area contributed by atoms with Gasteiger partial charge >= 0.3 is 0 Å². The van der Waals surface area contributed by atoms with Crippen molar-refractivity contribution in [2.24, 2.45) is 0 Å². The zero-order chi connectivity index (χ0) is 17.5. The molecule has 25 heavy (non-hydrogen) atoms. The van der Waals surface area contributed by atoms with Gasteiger partial charge in [0.05, 0.1) is 13.2 Å². The molecular formula is C22H30N2O. The van der Waals surface area contributed by atoms with Crippen LogP contribution in [0, 0.1) is 0 Å². The van der Waals surface area contributed by atoms with Gasteiger partial charge < -0.3 is 15.0 Å². The maximum absolute atomic E-state index is 5.95. The minimum Gasteiger partial charge on any atom is -0.375 e. The highest BCUT2D eigenvalue weighted by atomic mass is 16.5. The second kappa shape index (κ2) is 8.50. The van der Waals surface area contributed by atoms with E-state index in [2.05, 4.69) is 72.6 Å². The van der Waals surface area contributed by atoms with E-state index in [1.807, 2.05) is 6.07 Å². The fourth-order valence-corrected chi connectivity index (χ4v) is 3.62. The van der Waals surface area contributed by atoms with Crippen molar-refractivity contribution in [3.8, 4) is 0 Å². The first-order chi connectivity index (χ1) is 12.3. The fraction of sp³-hybridized carbons (Fsp3) is 0.455. The summed E-state index contributed by atoms with van der Waals surface area (Å²) in [6.45, 7) is 8.90. The van der Waals surface area contributed by atoms with Gasteiger partial charge in [0.15, 0.2) is 0 Å². The average molecular weight is 338 g/mol. The van der Waals surface area contributed by atoms with Gasteiger partial charge in [-0.25, -0.2) is 0 Å². The lowest BCUT2D eigenvalue weighted by Gasteiger charge is -2.36. The first-order valence-electron chi connectivity index (χ1n) is 9.46. The first kappa shape index (κ1) is 18.0. The van der Waals surface area contributed by atoms with E-state index in [9.17, 15) is 0 Å². The first-order valence-corrected chi connectivity index (χ1v) is 9.46. The lowest BCUT2D eigenvalue weighted by Crippen LogP contribution is -2.51. The van der Waals surface area contributed by atoms with Crippen molar-refractivity contribution in [3.05, 3.63) is 65.7 Å². The maximum Gasteiger partial charge on any atom is 0.0717 e. The van der Waals surface area contributed by atoms with Crippen LogP contribution in [0.1, 0.15) is 37.8 Å². The van der Waals surface area contributed by atoms with Gasteiger partial charge in [-0.1, -0.05) is 62.4 Å². The van der Waals surface area contributed by atoms with Crippen molar-refractivity contribution in [2.75, 3.05) is 24.6 Å². The summed E-state index contributed by atoms with van der Waals surface area (Å²) in [6, 6.07) is 19.2. The summed E-state index contributed by atoms with van der Waals surface area (Å²) in [5.41, 5.74) is 4.15. The number of anilines is 1. The molecule has 0 fully saturated rings. The third kappa shape index (κ3) is 4.42. The van der Waals surface area contributed by atoms with Gasteiger partial charge in [-0.3, -0.25) is 0 Å². The van der Waals surface area contributed by atoms with Crippen LogP contribution in [0.5, 0.6) is 0 Å². The Labute approximate surface area is 152 Å². The fourth-order valence-electron chi connectivity index (χ4n) is 3.62. The number of nitrogens with one attached hydrogen (secondary N) is 1. The lowest BCUT2D eigenvalue weighted by molar-refractivity contribution is 0.125. The predicted molar refractivity (Wildman–Crippen MR) is 105 cm³/mol. The van der Waals surface area contributed by atoms with Gasteiger partial charge in [0.2, 0.25) is 0 Å². The Hall–Kier alpha value is -1.84. The molecule has 0 unspecified atom stereocenters. The van der Waals surface area contributed by atoms with Gasteiger partial charge in [0.1, 0.15) is 0 Å². The second-order valence-electron chi connectivity index (χ2n) is 6.93. The topological polar surface area (TPSA) is 24.5 Å². The molecule has 2 aromatic carbocycles. The molecule has 134 valence electrons. The van der Waals surface area contributed by atoms with Crippen molar-refractivity contribution >= 4 is 5.69 Å². The highest BCUT2D eigenvalue weighted by Crippen LogP contribution is 2.29. The molecule has 3 heteroatoms. The summed E-state index contributed by atoms with van der Waals surface area (Å²) in [5.74, 6) is 0. The number of rotatable bonds is 7. The molecule has 0 amide bonds. The van der Waals surface area contributed by atoms with Crippen LogP contribution in [-0.4, -0.2) is 25.2 Å². The van der Waals surface area contributed by atoms with Gasteiger partial charge in [-0.05, 0) is 30.0 Å². The van der Waals surface area contributed by atoms with Crippen molar-refractivity contribution < 1.29 is 4.74 Å². The van der Waals surface area contributed by atoms with Crippen molar-refractivity contribution in [1.29, 1.82) is 0 Å². The summed E-state index contributed by atoms with van der Waals surface area (Å²) in [4.78, 5) is 2.51. The summed E-state index contributed by atoms with van der Waals surface area (Å²) in [6.07, 6.45) is 2.28. The van der Waals surface area contributed by atoms with E-state index in [1.165, 1.54) is 16.8 Å². The molecular weight excluding hydrogens is 308 g/mol. The third-order valence-corrected chi connectivity index (χ3v) is 5.45. The van der Waals surface area contributed by atoms with E-state index >= 15 is 0 Å². The summed E-state index contributed by atoms with van der Waals surface area (Å²) < 4.78 is 5.95. The highest BCUT2D eigenvalue weighted by Gasteiger charge is 2.31. The summed E-state index contributed by atoms with van der Waals surface area (Å²) in [7, 11) is 0. The molecule has 0 aromatic heterocycles. The molecule has 0 saturated heterocycles. The molecule has 1 heterocycles. The minimum absolute atomic E-state index is 0.179. The number of benzene rings is 2. The quantitative estimate of drug-likeness (QED) is 0.759. The van der Waals surface area contributed by atoms with Crippen molar-refractivity contribution in [3.63, 3.8) is 0 Å². The molecule has 0 spiro atoms. The SMILES string of the molecule is CCC1(CC)CN(CCOCc2ccccc2)c2ccccc2CN1. The van der Waals surface area contributed by atoms with E-state index in [1.54, 1.807) is 0 Å². The van der Waals surface area contributed by atoms with Gasteiger partial charge in [0, 0.05) is 30.9 Å². The number of ether oxygens (including phenoxy) is 1. The molecule has 3 rings (SSSR count). The zero-order valence-electron chi connectivity index (χ0n) is 15.5. The van der Waals surface area contributed by atoms with Crippen LogP contribution in [0.3, 0.4) is 0 Å². The summed E-state index contributed by atoms with van der Waals surface area (Å²) in [5, 5.41) is 3.81. The maximum atomic E-state index is 5.95. The average Bonchev–Trinajstić information content (AvgIpc) is 2.84. The molecule has 0 aliphatic carbocycles. The van der Waals surface area contributed by atoms with E-state index in [4.69, 9.17) is 4.74 Å². The number of fused-ring (bicyclic) bond motifs is 1.